The molecule has 0 radical (unpaired) electrons. The average Bonchev–Trinajstić information content (AvgIpc) is 2.78. The molecular weight excluding hydrogens is 333 g/mol. The number of aromatic nitrogens is 3. The molecule has 106 valence electrons. The number of hydrogen-bond acceptors (Lipinski definition) is 4. The second-order valence-electron chi connectivity index (χ2n) is 4.49. The summed E-state index contributed by atoms with van der Waals surface area (Å²) >= 11 is -0.487. The molecule has 0 fully saturated rings. The molecule has 0 aliphatic carbocycles. The molecule has 1 amide bonds. The van der Waals surface area contributed by atoms with Crippen molar-refractivity contribution < 1.29 is 4.79 Å². The fraction of sp³-hybridized carbons (Fsp3) is 0.0714. The van der Waals surface area contributed by atoms with Crippen LogP contribution in [0.4, 0.5) is 10.6 Å². The molecule has 0 aliphatic rings. The van der Waals surface area contributed by atoms with E-state index in [1.807, 2.05) is 41.1 Å². The van der Waals surface area contributed by atoms with E-state index in [1.165, 1.54) is 6.33 Å². The van der Waals surface area contributed by atoms with Crippen molar-refractivity contribution in [3.8, 4) is 0 Å². The Morgan fingerprint density at radius 3 is 2.71 bits per heavy atom. The summed E-state index contributed by atoms with van der Waals surface area (Å²) in [5, 5.41) is 0.729. The SMILES string of the molecule is NC(=O)[Se]c1cn(Cc2ccccc2)c2ncnc(N)c12. The summed E-state index contributed by atoms with van der Waals surface area (Å²) in [6.45, 7) is 0.655. The van der Waals surface area contributed by atoms with Crippen LogP contribution in [-0.4, -0.2) is 34.3 Å². The van der Waals surface area contributed by atoms with Gasteiger partial charge in [0.15, 0.2) is 0 Å². The Morgan fingerprint density at radius 1 is 1.24 bits per heavy atom. The van der Waals surface area contributed by atoms with Gasteiger partial charge >= 0.3 is 127 Å². The minimum absolute atomic E-state index is 0.343. The first-order chi connectivity index (χ1) is 10.1. The molecule has 0 bridgehead atoms. The molecule has 21 heavy (non-hydrogen) atoms. The number of nitrogens with zero attached hydrogens (tertiary/aromatic N) is 3. The number of primary amides is 1. The van der Waals surface area contributed by atoms with Crippen LogP contribution >= 0.6 is 0 Å². The number of amides is 1. The molecule has 0 saturated heterocycles. The third-order valence-electron chi connectivity index (χ3n) is 3.05. The van der Waals surface area contributed by atoms with Gasteiger partial charge in [0.05, 0.1) is 0 Å². The number of anilines is 1. The zero-order valence-electron chi connectivity index (χ0n) is 11.1. The van der Waals surface area contributed by atoms with E-state index in [-0.39, 0.29) is 4.81 Å². The number of nitrogen functional groups attached to an aromatic ring is 1. The van der Waals surface area contributed by atoms with Crippen molar-refractivity contribution in [2.24, 2.45) is 5.73 Å². The molecule has 0 aliphatic heterocycles. The van der Waals surface area contributed by atoms with Gasteiger partial charge < -0.3 is 0 Å². The van der Waals surface area contributed by atoms with Crippen molar-refractivity contribution in [3.05, 3.63) is 48.4 Å². The van der Waals surface area contributed by atoms with Crippen LogP contribution in [0.15, 0.2) is 42.9 Å². The second kappa shape index (κ2) is 5.55. The van der Waals surface area contributed by atoms with Gasteiger partial charge in [0.2, 0.25) is 0 Å². The van der Waals surface area contributed by atoms with Crippen molar-refractivity contribution in [3.63, 3.8) is 0 Å². The summed E-state index contributed by atoms with van der Waals surface area (Å²) in [5.74, 6) is 0.380. The predicted molar refractivity (Wildman–Crippen MR) is 82.5 cm³/mol. The zero-order valence-corrected chi connectivity index (χ0v) is 12.8. The Balaban J connectivity index is 2.10. The summed E-state index contributed by atoms with van der Waals surface area (Å²) in [6, 6.07) is 10.0. The van der Waals surface area contributed by atoms with Gasteiger partial charge in [0.25, 0.3) is 0 Å². The Morgan fingerprint density at radius 2 is 2.00 bits per heavy atom. The number of benzene rings is 1. The first-order valence-electron chi connectivity index (χ1n) is 6.25. The van der Waals surface area contributed by atoms with Gasteiger partial charge in [-0.05, 0) is 0 Å². The molecule has 6 nitrogen and oxygen atoms in total. The Bertz CT molecular complexity index is 800. The second-order valence-corrected chi connectivity index (χ2v) is 6.68. The van der Waals surface area contributed by atoms with Gasteiger partial charge in [0.1, 0.15) is 0 Å². The number of carbonyl (C=O) groups excluding carboxylic acids is 1. The monoisotopic (exact) mass is 347 g/mol. The van der Waals surface area contributed by atoms with E-state index < -0.39 is 15.0 Å². The van der Waals surface area contributed by atoms with Crippen LogP contribution < -0.4 is 15.9 Å². The quantitative estimate of drug-likeness (QED) is 0.671. The Labute approximate surface area is 127 Å². The van der Waals surface area contributed by atoms with Crippen LogP contribution in [0.5, 0.6) is 0 Å². The number of fused-ring (bicyclic) bond motifs is 1. The summed E-state index contributed by atoms with van der Waals surface area (Å²) in [5.41, 5.74) is 13.1. The van der Waals surface area contributed by atoms with Crippen molar-refractivity contribution in [1.29, 1.82) is 0 Å². The third kappa shape index (κ3) is 2.74. The number of rotatable bonds is 4. The molecule has 3 rings (SSSR count). The topological polar surface area (TPSA) is 99.8 Å². The fourth-order valence-electron chi connectivity index (χ4n) is 2.20. The Hall–Kier alpha value is -2.37. The van der Waals surface area contributed by atoms with Gasteiger partial charge in [-0.25, -0.2) is 0 Å². The van der Waals surface area contributed by atoms with Crippen molar-refractivity contribution >= 4 is 41.1 Å². The summed E-state index contributed by atoms with van der Waals surface area (Å²) in [6.07, 6.45) is 3.33. The van der Waals surface area contributed by atoms with Gasteiger partial charge in [-0.15, -0.1) is 0 Å². The van der Waals surface area contributed by atoms with Crippen LogP contribution in [0.2, 0.25) is 0 Å². The van der Waals surface area contributed by atoms with E-state index >= 15 is 0 Å². The molecule has 0 saturated carbocycles. The van der Waals surface area contributed by atoms with Crippen LogP contribution in [0.25, 0.3) is 11.0 Å². The van der Waals surface area contributed by atoms with Crippen LogP contribution in [0.3, 0.4) is 0 Å². The first-order valence-corrected chi connectivity index (χ1v) is 7.97. The Kier molecular flexibility index (Phi) is 3.60. The summed E-state index contributed by atoms with van der Waals surface area (Å²) in [7, 11) is 0. The normalized spacial score (nSPS) is 10.9. The van der Waals surface area contributed by atoms with Crippen molar-refractivity contribution in [2.45, 2.75) is 6.54 Å². The van der Waals surface area contributed by atoms with E-state index in [1.54, 1.807) is 0 Å². The molecule has 3 aromatic rings. The van der Waals surface area contributed by atoms with Gasteiger partial charge in [-0.2, -0.15) is 0 Å². The molecule has 0 spiro atoms. The molecular formula is C14H13N5OSe. The number of carbonyl (C=O) groups is 1. The summed E-state index contributed by atoms with van der Waals surface area (Å²) in [4.78, 5) is 19.2. The van der Waals surface area contributed by atoms with E-state index in [9.17, 15) is 4.79 Å². The molecule has 2 aromatic heterocycles. The van der Waals surface area contributed by atoms with E-state index in [0.29, 0.717) is 12.4 Å². The maximum absolute atomic E-state index is 11.3. The summed E-state index contributed by atoms with van der Waals surface area (Å²) < 4.78 is 2.79. The molecule has 7 heteroatoms. The van der Waals surface area contributed by atoms with E-state index in [4.69, 9.17) is 11.5 Å². The van der Waals surface area contributed by atoms with E-state index in [2.05, 4.69) is 9.97 Å². The zero-order chi connectivity index (χ0) is 14.8. The third-order valence-corrected chi connectivity index (χ3v) is 4.59. The van der Waals surface area contributed by atoms with Gasteiger partial charge in [-0.1, -0.05) is 0 Å². The van der Waals surface area contributed by atoms with Crippen molar-refractivity contribution in [1.82, 2.24) is 14.5 Å². The molecule has 1 aromatic carbocycles. The number of hydrogen-bond donors (Lipinski definition) is 2. The van der Waals surface area contributed by atoms with Crippen LogP contribution in [0.1, 0.15) is 5.56 Å². The molecule has 0 atom stereocenters. The maximum atomic E-state index is 11.3. The average molecular weight is 346 g/mol. The van der Waals surface area contributed by atoms with E-state index in [0.717, 1.165) is 21.1 Å². The molecule has 2 heterocycles. The van der Waals surface area contributed by atoms with Gasteiger partial charge in [0, 0.05) is 0 Å². The molecule has 4 N–H and O–H groups in total. The van der Waals surface area contributed by atoms with Crippen LogP contribution in [0, 0.1) is 0 Å². The first kappa shape index (κ1) is 13.6. The standard InChI is InChI=1S/C14H13N5OSe/c15-12-11-10(21-14(16)20)7-19(13(11)18-8-17-12)6-9-4-2-1-3-5-9/h1-5,7-8H,6H2,(H2,16,20)(H2,15,17,18). The van der Waals surface area contributed by atoms with Crippen molar-refractivity contribution in [2.75, 3.05) is 5.73 Å². The van der Waals surface area contributed by atoms with Crippen LogP contribution in [-0.2, 0) is 6.54 Å². The fourth-order valence-corrected chi connectivity index (χ4v) is 3.65. The number of nitrogens with two attached hydrogens (primary N) is 2. The molecule has 0 unspecified atom stereocenters. The minimum atomic E-state index is -0.487. The predicted octanol–water partition coefficient (Wildman–Crippen LogP) is 0.470. The van der Waals surface area contributed by atoms with Gasteiger partial charge in [-0.3, -0.25) is 0 Å².